The van der Waals surface area contributed by atoms with Crippen molar-refractivity contribution in [3.8, 4) is 0 Å². The van der Waals surface area contributed by atoms with Gasteiger partial charge in [0, 0.05) is 6.42 Å². The lowest BCUT2D eigenvalue weighted by atomic mass is 9.91. The molecule has 12 heavy (non-hydrogen) atoms. The summed E-state index contributed by atoms with van der Waals surface area (Å²) in [4.78, 5) is 11.6. The van der Waals surface area contributed by atoms with Gasteiger partial charge in [-0.25, -0.2) is 0 Å². The summed E-state index contributed by atoms with van der Waals surface area (Å²) in [7, 11) is -1.50. The zero-order valence-corrected chi connectivity index (χ0v) is 10.3. The maximum absolute atomic E-state index is 11.6. The Hall–Kier alpha value is -0.113. The van der Waals surface area contributed by atoms with Crippen LogP contribution in [0, 0.1) is 5.41 Å². The van der Waals surface area contributed by atoms with E-state index in [4.69, 9.17) is 0 Å². The van der Waals surface area contributed by atoms with Crippen molar-refractivity contribution >= 4 is 13.5 Å². The molecule has 0 aromatic rings. The molecule has 0 fully saturated rings. The molecule has 1 nitrogen and oxygen atoms in total. The molecular formula is C10H22OSi. The first kappa shape index (κ1) is 11.9. The van der Waals surface area contributed by atoms with Crippen LogP contribution in [0.3, 0.4) is 0 Å². The average Bonchev–Trinajstić information content (AvgIpc) is 1.78. The first-order valence-corrected chi connectivity index (χ1v) is 8.16. The highest BCUT2D eigenvalue weighted by atomic mass is 28.3. The van der Waals surface area contributed by atoms with Crippen LogP contribution >= 0.6 is 0 Å². The summed E-state index contributed by atoms with van der Waals surface area (Å²) in [6.07, 6.45) is 1.80. The Bertz CT molecular complexity index is 160. The summed E-state index contributed by atoms with van der Waals surface area (Å²) < 4.78 is 0. The van der Waals surface area contributed by atoms with Crippen molar-refractivity contribution in [2.45, 2.75) is 53.3 Å². The molecule has 0 unspecified atom stereocenters. The van der Waals surface area contributed by atoms with E-state index in [1.165, 1.54) is 0 Å². The van der Waals surface area contributed by atoms with Crippen LogP contribution in [0.1, 0.15) is 33.6 Å². The summed E-state index contributed by atoms with van der Waals surface area (Å²) in [6, 6.07) is 0. The van der Waals surface area contributed by atoms with Gasteiger partial charge in [0.05, 0.1) is 0 Å². The highest BCUT2D eigenvalue weighted by Gasteiger charge is 2.24. The Morgan fingerprint density at radius 1 is 1.17 bits per heavy atom. The molecule has 0 atom stereocenters. The highest BCUT2D eigenvalue weighted by molar-refractivity contribution is 7.03. The molecule has 2 heteroatoms. The second kappa shape index (κ2) is 3.73. The average molecular weight is 186 g/mol. The molecule has 0 aliphatic rings. The van der Waals surface area contributed by atoms with E-state index < -0.39 is 8.07 Å². The van der Waals surface area contributed by atoms with Crippen LogP contribution < -0.4 is 0 Å². The molecule has 0 aromatic heterocycles. The van der Waals surface area contributed by atoms with Crippen LogP contribution in [0.4, 0.5) is 0 Å². The fourth-order valence-corrected chi connectivity index (χ4v) is 1.74. The number of carbonyl (C=O) groups is 1. The lowest BCUT2D eigenvalue weighted by molar-refractivity contribution is -0.113. The molecule has 72 valence electrons. The molecule has 0 bridgehead atoms. The van der Waals surface area contributed by atoms with E-state index in [-0.39, 0.29) is 0 Å². The van der Waals surface area contributed by atoms with Gasteiger partial charge in [-0.15, -0.1) is 0 Å². The molecule has 0 radical (unpaired) electrons. The molecule has 0 aromatic carbocycles. The van der Waals surface area contributed by atoms with Gasteiger partial charge >= 0.3 is 0 Å². The summed E-state index contributed by atoms with van der Waals surface area (Å²) in [5, 5.41) is 0.512. The smallest absolute Gasteiger partial charge is 0.123 e. The van der Waals surface area contributed by atoms with Crippen molar-refractivity contribution in [2.24, 2.45) is 5.41 Å². The minimum atomic E-state index is -1.50. The molecule has 0 saturated carbocycles. The van der Waals surface area contributed by atoms with Gasteiger partial charge in [0.15, 0.2) is 0 Å². The summed E-state index contributed by atoms with van der Waals surface area (Å²) in [6.45, 7) is 12.9. The van der Waals surface area contributed by atoms with Crippen molar-refractivity contribution in [2.75, 3.05) is 0 Å². The fraction of sp³-hybridized carbons (Fsp3) is 0.900. The maximum atomic E-state index is 11.6. The maximum Gasteiger partial charge on any atom is 0.123 e. The van der Waals surface area contributed by atoms with Gasteiger partial charge < -0.3 is 4.79 Å². The third-order valence-corrected chi connectivity index (χ3v) is 3.86. The van der Waals surface area contributed by atoms with Crippen molar-refractivity contribution < 1.29 is 4.79 Å². The topological polar surface area (TPSA) is 17.1 Å². The third-order valence-electron chi connectivity index (χ3n) is 1.94. The Balaban J connectivity index is 3.90. The minimum Gasteiger partial charge on any atom is -0.305 e. The van der Waals surface area contributed by atoms with E-state index in [9.17, 15) is 4.79 Å². The van der Waals surface area contributed by atoms with Gasteiger partial charge in [-0.3, -0.25) is 0 Å². The van der Waals surface area contributed by atoms with Crippen LogP contribution in [0.15, 0.2) is 0 Å². The molecule has 0 heterocycles. The van der Waals surface area contributed by atoms with Crippen molar-refractivity contribution in [1.82, 2.24) is 0 Å². The number of hydrogen-bond acceptors (Lipinski definition) is 1. The van der Waals surface area contributed by atoms with Crippen LogP contribution in [0.25, 0.3) is 0 Å². The summed E-state index contributed by atoms with van der Waals surface area (Å²) in [5.41, 5.74) is 0.301. The second-order valence-electron chi connectivity index (χ2n) is 5.73. The molecule has 0 saturated heterocycles. The van der Waals surface area contributed by atoms with E-state index in [1.54, 1.807) is 0 Å². The van der Waals surface area contributed by atoms with E-state index >= 15 is 0 Å². The van der Waals surface area contributed by atoms with Gasteiger partial charge in [-0.05, 0) is 11.8 Å². The monoisotopic (exact) mass is 186 g/mol. The molecular weight excluding hydrogens is 164 g/mol. The molecule has 0 aliphatic carbocycles. The van der Waals surface area contributed by atoms with Crippen LogP contribution in [-0.4, -0.2) is 13.5 Å². The normalized spacial score (nSPS) is 13.2. The lowest BCUT2D eigenvalue weighted by Gasteiger charge is -2.20. The van der Waals surface area contributed by atoms with E-state index in [0.717, 1.165) is 12.8 Å². The highest BCUT2D eigenvalue weighted by Crippen LogP contribution is 2.22. The van der Waals surface area contributed by atoms with Crippen molar-refractivity contribution in [3.63, 3.8) is 0 Å². The predicted molar refractivity (Wildman–Crippen MR) is 57.0 cm³/mol. The van der Waals surface area contributed by atoms with E-state index in [0.29, 0.717) is 10.8 Å². The Morgan fingerprint density at radius 2 is 1.58 bits per heavy atom. The fourth-order valence-electron chi connectivity index (χ4n) is 0.864. The number of carbonyl (C=O) groups excluding carboxylic acids is 1. The van der Waals surface area contributed by atoms with Crippen LogP contribution in [0.2, 0.25) is 19.6 Å². The Morgan fingerprint density at radius 3 is 1.83 bits per heavy atom. The lowest BCUT2D eigenvalue weighted by Crippen LogP contribution is -2.33. The molecule has 0 spiro atoms. The molecule has 0 aliphatic heterocycles. The number of hydrogen-bond donors (Lipinski definition) is 0. The van der Waals surface area contributed by atoms with Crippen LogP contribution in [0.5, 0.6) is 0 Å². The van der Waals surface area contributed by atoms with Gasteiger partial charge in [-0.1, -0.05) is 40.4 Å². The molecule has 0 amide bonds. The Labute approximate surface area is 77.6 Å². The zero-order valence-electron chi connectivity index (χ0n) is 9.32. The first-order valence-electron chi connectivity index (χ1n) is 4.66. The number of rotatable bonds is 3. The van der Waals surface area contributed by atoms with Crippen LogP contribution in [-0.2, 0) is 4.79 Å². The predicted octanol–water partition coefficient (Wildman–Crippen LogP) is 3.26. The summed E-state index contributed by atoms with van der Waals surface area (Å²) in [5.74, 6) is 0. The standard InChI is InChI=1S/C10H22OSi/c1-10(2,3)8-7-9(11)12(4,5)6/h7-8H2,1-6H3. The quantitative estimate of drug-likeness (QED) is 0.618. The first-order chi connectivity index (χ1) is 5.13. The van der Waals surface area contributed by atoms with Crippen molar-refractivity contribution in [3.05, 3.63) is 0 Å². The van der Waals surface area contributed by atoms with E-state index in [2.05, 4.69) is 40.4 Å². The minimum absolute atomic E-state index is 0.301. The SMILES string of the molecule is CC(C)(C)CCC(=O)[Si](C)(C)C. The van der Waals surface area contributed by atoms with Gasteiger partial charge in [-0.2, -0.15) is 0 Å². The molecule has 0 N–H and O–H groups in total. The van der Waals surface area contributed by atoms with E-state index in [1.807, 2.05) is 0 Å². The van der Waals surface area contributed by atoms with Gasteiger partial charge in [0.2, 0.25) is 0 Å². The third kappa shape index (κ3) is 5.53. The Kier molecular flexibility index (Phi) is 3.70. The van der Waals surface area contributed by atoms with Gasteiger partial charge in [0.25, 0.3) is 0 Å². The zero-order chi connectivity index (χ0) is 9.99. The largest absolute Gasteiger partial charge is 0.305 e. The second-order valence-corrected chi connectivity index (χ2v) is 10.8. The molecule has 0 rings (SSSR count). The summed E-state index contributed by atoms with van der Waals surface area (Å²) >= 11 is 0. The van der Waals surface area contributed by atoms with Gasteiger partial charge in [0.1, 0.15) is 13.5 Å². The van der Waals surface area contributed by atoms with Crippen molar-refractivity contribution in [1.29, 1.82) is 0 Å².